The van der Waals surface area contributed by atoms with Gasteiger partial charge in [-0.1, -0.05) is 22.0 Å². The third-order valence-electron chi connectivity index (χ3n) is 4.91. The van der Waals surface area contributed by atoms with Crippen molar-refractivity contribution in [1.82, 2.24) is 19.5 Å². The van der Waals surface area contributed by atoms with Gasteiger partial charge < -0.3 is 4.74 Å². The summed E-state index contributed by atoms with van der Waals surface area (Å²) in [6.07, 6.45) is 1.96. The van der Waals surface area contributed by atoms with Crippen molar-refractivity contribution in [2.45, 2.75) is 25.6 Å². The van der Waals surface area contributed by atoms with E-state index in [-0.39, 0.29) is 29.3 Å². The first-order chi connectivity index (χ1) is 13.5. The first kappa shape index (κ1) is 18.4. The van der Waals surface area contributed by atoms with Gasteiger partial charge in [0.05, 0.1) is 12.8 Å². The van der Waals surface area contributed by atoms with E-state index in [9.17, 15) is 14.9 Å². The normalized spacial score (nSPS) is 16.5. The summed E-state index contributed by atoms with van der Waals surface area (Å²) in [5, 5.41) is 11.9. The number of esters is 1. The molecule has 9 heteroatoms. The third kappa shape index (κ3) is 3.21. The first-order valence-corrected chi connectivity index (χ1v) is 9.39. The highest BCUT2D eigenvalue weighted by Gasteiger charge is 2.32. The van der Waals surface area contributed by atoms with Crippen LogP contribution in [0.5, 0.6) is 0 Å². The highest BCUT2D eigenvalue weighted by Crippen LogP contribution is 2.28. The molecule has 142 valence electrons. The molecule has 0 aliphatic carbocycles. The number of aromatic nitrogens is 3. The Morgan fingerprint density at radius 1 is 1.43 bits per heavy atom. The predicted octanol–water partition coefficient (Wildman–Crippen LogP) is 1.76. The Balaban J connectivity index is 1.72. The van der Waals surface area contributed by atoms with E-state index in [0.717, 1.165) is 15.6 Å². The average Bonchev–Trinajstić information content (AvgIpc) is 3.10. The van der Waals surface area contributed by atoms with Crippen LogP contribution in [-0.4, -0.2) is 38.6 Å². The molecule has 3 heterocycles. The summed E-state index contributed by atoms with van der Waals surface area (Å²) in [6, 6.07) is 8.94. The number of nitrogens with zero attached hydrogens (tertiary/aromatic N) is 4. The van der Waals surface area contributed by atoms with E-state index in [1.807, 2.05) is 29.2 Å². The quantitative estimate of drug-likeness (QED) is 0.621. The Kier molecular flexibility index (Phi) is 4.75. The Morgan fingerprint density at radius 3 is 3.00 bits per heavy atom. The molecule has 0 saturated carbocycles. The number of aromatic amines is 1. The molecule has 0 spiro atoms. The molecule has 2 aromatic heterocycles. The Morgan fingerprint density at radius 2 is 2.25 bits per heavy atom. The van der Waals surface area contributed by atoms with Gasteiger partial charge in [0.1, 0.15) is 17.7 Å². The summed E-state index contributed by atoms with van der Waals surface area (Å²) in [5.74, 6) is -0.328. The predicted molar refractivity (Wildman–Crippen MR) is 103 cm³/mol. The first-order valence-electron chi connectivity index (χ1n) is 8.59. The van der Waals surface area contributed by atoms with Crippen LogP contribution < -0.4 is 5.56 Å². The topological polar surface area (TPSA) is 103 Å². The number of ether oxygens (including phenoxy) is 1. The zero-order valence-electron chi connectivity index (χ0n) is 15.0. The van der Waals surface area contributed by atoms with Crippen LogP contribution in [0.2, 0.25) is 0 Å². The Hall–Kier alpha value is -2.96. The molecule has 1 N–H and O–H groups in total. The lowest BCUT2D eigenvalue weighted by Gasteiger charge is -2.35. The summed E-state index contributed by atoms with van der Waals surface area (Å²) in [6.45, 7) is 0.807. The van der Waals surface area contributed by atoms with E-state index in [1.54, 1.807) is 0 Å². The van der Waals surface area contributed by atoms with Crippen molar-refractivity contribution in [3.05, 3.63) is 67.7 Å². The maximum atomic E-state index is 12.4. The van der Waals surface area contributed by atoms with E-state index in [2.05, 4.69) is 26.0 Å². The lowest BCUT2D eigenvalue weighted by Crippen LogP contribution is -2.45. The second kappa shape index (κ2) is 7.22. The van der Waals surface area contributed by atoms with Crippen molar-refractivity contribution < 1.29 is 9.53 Å². The number of hydrogen-bond acceptors (Lipinski definition) is 6. The van der Waals surface area contributed by atoms with Gasteiger partial charge in [-0.2, -0.15) is 5.26 Å². The number of fused-ring (bicyclic) bond motifs is 2. The fourth-order valence-corrected chi connectivity index (χ4v) is 3.95. The van der Waals surface area contributed by atoms with Gasteiger partial charge >= 0.3 is 5.97 Å². The number of halogens is 1. The second-order valence-corrected chi connectivity index (χ2v) is 7.52. The monoisotopic (exact) mass is 441 g/mol. The van der Waals surface area contributed by atoms with E-state index >= 15 is 0 Å². The fourth-order valence-electron chi connectivity index (χ4n) is 3.54. The number of carbonyl (C=O) groups excluding carboxylic acids is 1. The van der Waals surface area contributed by atoms with E-state index < -0.39 is 6.04 Å². The number of nitrogens with one attached hydrogen (secondary N) is 1. The van der Waals surface area contributed by atoms with Crippen molar-refractivity contribution in [3.8, 4) is 6.07 Å². The molecule has 0 radical (unpaired) electrons. The molecule has 0 saturated heterocycles. The molecular formula is C19H16BrN5O3. The van der Waals surface area contributed by atoms with Crippen molar-refractivity contribution >= 4 is 27.5 Å². The van der Waals surface area contributed by atoms with Crippen LogP contribution >= 0.6 is 15.9 Å². The molecule has 0 fully saturated rings. The number of methoxy groups -OCH3 is 1. The maximum absolute atomic E-state index is 12.4. The van der Waals surface area contributed by atoms with E-state index in [4.69, 9.17) is 4.74 Å². The molecule has 1 aliphatic heterocycles. The van der Waals surface area contributed by atoms with Crippen LogP contribution in [0.4, 0.5) is 0 Å². The molecule has 8 nitrogen and oxygen atoms in total. The number of nitriles is 1. The molecule has 4 rings (SSSR count). The SMILES string of the molecule is COC(=O)C1Cc2ccc(Br)cc2CN1Cc1cc(=O)n2[nH]cc(C#N)c2n1. The van der Waals surface area contributed by atoms with Crippen LogP contribution in [0.3, 0.4) is 0 Å². The molecular weight excluding hydrogens is 426 g/mol. The summed E-state index contributed by atoms with van der Waals surface area (Å²) < 4.78 is 7.18. The van der Waals surface area contributed by atoms with Gasteiger partial charge in [0.25, 0.3) is 5.56 Å². The number of H-pyrrole nitrogens is 1. The Bertz CT molecular complexity index is 1180. The molecule has 0 bridgehead atoms. The summed E-state index contributed by atoms with van der Waals surface area (Å²) >= 11 is 3.48. The van der Waals surface area contributed by atoms with Crippen molar-refractivity contribution in [2.75, 3.05) is 7.11 Å². The van der Waals surface area contributed by atoms with Gasteiger partial charge in [0, 0.05) is 29.8 Å². The van der Waals surface area contributed by atoms with Crippen molar-refractivity contribution in [2.24, 2.45) is 0 Å². The van der Waals surface area contributed by atoms with E-state index in [1.165, 1.54) is 23.9 Å². The van der Waals surface area contributed by atoms with Crippen LogP contribution in [0.15, 0.2) is 39.7 Å². The highest BCUT2D eigenvalue weighted by molar-refractivity contribution is 9.10. The maximum Gasteiger partial charge on any atom is 0.323 e. The molecule has 1 aliphatic rings. The number of carbonyl (C=O) groups is 1. The van der Waals surface area contributed by atoms with Gasteiger partial charge in [-0.3, -0.25) is 19.6 Å². The number of benzene rings is 1. The van der Waals surface area contributed by atoms with Gasteiger partial charge in [-0.05, 0) is 29.7 Å². The lowest BCUT2D eigenvalue weighted by molar-refractivity contribution is -0.148. The van der Waals surface area contributed by atoms with Gasteiger partial charge in [-0.15, -0.1) is 0 Å². The van der Waals surface area contributed by atoms with Gasteiger partial charge in [0.2, 0.25) is 0 Å². The average molecular weight is 442 g/mol. The number of hydrogen-bond donors (Lipinski definition) is 1. The van der Waals surface area contributed by atoms with Crippen molar-refractivity contribution in [1.29, 1.82) is 5.26 Å². The highest BCUT2D eigenvalue weighted by atomic mass is 79.9. The summed E-state index contributed by atoms with van der Waals surface area (Å²) in [5.41, 5.74) is 2.95. The Labute approximate surface area is 168 Å². The minimum Gasteiger partial charge on any atom is -0.468 e. The molecule has 3 aromatic rings. The number of rotatable bonds is 3. The van der Waals surface area contributed by atoms with Crippen LogP contribution in [0, 0.1) is 11.3 Å². The van der Waals surface area contributed by atoms with E-state index in [0.29, 0.717) is 18.7 Å². The molecule has 1 atom stereocenters. The van der Waals surface area contributed by atoms with Crippen LogP contribution in [-0.2, 0) is 29.0 Å². The third-order valence-corrected chi connectivity index (χ3v) is 5.40. The second-order valence-electron chi connectivity index (χ2n) is 6.60. The smallest absolute Gasteiger partial charge is 0.323 e. The minimum atomic E-state index is -0.472. The van der Waals surface area contributed by atoms with Crippen LogP contribution in [0.1, 0.15) is 22.4 Å². The summed E-state index contributed by atoms with van der Waals surface area (Å²) in [4.78, 5) is 31.1. The molecule has 0 amide bonds. The zero-order chi connectivity index (χ0) is 19.8. The standard InChI is InChI=1S/C19H16BrN5O3/c1-28-19(27)16-5-11-2-3-14(20)4-12(11)9-24(16)10-15-6-17(26)25-18(23-15)13(7-21)8-22-25/h2-4,6,8,16,22H,5,9-10H2,1H3. The largest absolute Gasteiger partial charge is 0.468 e. The molecule has 28 heavy (non-hydrogen) atoms. The molecule has 1 aromatic carbocycles. The van der Waals surface area contributed by atoms with Gasteiger partial charge in [-0.25, -0.2) is 9.50 Å². The minimum absolute atomic E-state index is 0.278. The van der Waals surface area contributed by atoms with Crippen molar-refractivity contribution in [3.63, 3.8) is 0 Å². The van der Waals surface area contributed by atoms with Crippen LogP contribution in [0.25, 0.3) is 5.65 Å². The fraction of sp³-hybridized carbons (Fsp3) is 0.263. The van der Waals surface area contributed by atoms with Gasteiger partial charge in [0.15, 0.2) is 5.65 Å². The zero-order valence-corrected chi connectivity index (χ0v) is 16.6. The molecule has 1 unspecified atom stereocenters. The summed E-state index contributed by atoms with van der Waals surface area (Å²) in [7, 11) is 1.37. The lowest BCUT2D eigenvalue weighted by atomic mass is 9.94.